The van der Waals surface area contributed by atoms with Crippen LogP contribution in [0.3, 0.4) is 0 Å². The van der Waals surface area contributed by atoms with Crippen molar-refractivity contribution in [2.24, 2.45) is 0 Å². The number of hydrogen-bond donors (Lipinski definition) is 1. The molecule has 10 heteroatoms. The first-order valence-electron chi connectivity index (χ1n) is 5.42. The zero-order chi connectivity index (χ0) is 15.6. The highest BCUT2D eigenvalue weighted by Gasteiger charge is 2.18. The summed E-state index contributed by atoms with van der Waals surface area (Å²) < 4.78 is 5.48. The Morgan fingerprint density at radius 2 is 1.76 bits per heavy atom. The van der Waals surface area contributed by atoms with Gasteiger partial charge in [0.2, 0.25) is 11.7 Å². The lowest BCUT2D eigenvalue weighted by Crippen LogP contribution is -2.00. The van der Waals surface area contributed by atoms with E-state index in [0.29, 0.717) is 0 Å². The van der Waals surface area contributed by atoms with Crippen molar-refractivity contribution in [1.82, 2.24) is 4.98 Å². The third kappa shape index (κ3) is 3.05. The molecule has 2 aromatic rings. The van der Waals surface area contributed by atoms with Gasteiger partial charge in [-0.05, 0) is 22.0 Å². The van der Waals surface area contributed by atoms with Crippen LogP contribution < -0.4 is 10.5 Å². The molecule has 108 valence electrons. The van der Waals surface area contributed by atoms with Gasteiger partial charge in [0.1, 0.15) is 4.47 Å². The van der Waals surface area contributed by atoms with E-state index in [1.165, 1.54) is 24.3 Å². The van der Waals surface area contributed by atoms with Gasteiger partial charge in [-0.2, -0.15) is 4.98 Å². The van der Waals surface area contributed by atoms with Crippen LogP contribution in [0.2, 0.25) is 0 Å². The number of nitrogens with two attached hydrogens (primary N) is 1. The number of ether oxygens (including phenoxy) is 1. The number of pyridine rings is 1. The van der Waals surface area contributed by atoms with Crippen LogP contribution in [0.15, 0.2) is 34.8 Å². The number of aromatic nitrogens is 1. The summed E-state index contributed by atoms with van der Waals surface area (Å²) in [6, 6.07) is 6.61. The van der Waals surface area contributed by atoms with Crippen molar-refractivity contribution in [3.63, 3.8) is 0 Å². The molecule has 0 saturated carbocycles. The van der Waals surface area contributed by atoms with Crippen molar-refractivity contribution >= 4 is 33.1 Å². The molecule has 1 heterocycles. The molecular formula is C11H7BrN4O5. The molecule has 0 unspecified atom stereocenters. The zero-order valence-corrected chi connectivity index (χ0v) is 11.8. The molecule has 0 atom stereocenters. The van der Waals surface area contributed by atoms with Crippen LogP contribution in [0.1, 0.15) is 0 Å². The Kier molecular flexibility index (Phi) is 3.98. The monoisotopic (exact) mass is 354 g/mol. The molecule has 2 rings (SSSR count). The van der Waals surface area contributed by atoms with Crippen LogP contribution >= 0.6 is 15.9 Å². The first-order valence-corrected chi connectivity index (χ1v) is 6.21. The molecule has 2 N–H and O–H groups in total. The summed E-state index contributed by atoms with van der Waals surface area (Å²) in [5.74, 6) is -0.177. The van der Waals surface area contributed by atoms with Crippen LogP contribution in [0.4, 0.5) is 17.2 Å². The van der Waals surface area contributed by atoms with Gasteiger partial charge in [0.15, 0.2) is 5.75 Å². The summed E-state index contributed by atoms with van der Waals surface area (Å²) in [5, 5.41) is 21.4. The molecule has 0 amide bonds. The van der Waals surface area contributed by atoms with Crippen LogP contribution in [0, 0.1) is 20.2 Å². The fraction of sp³-hybridized carbons (Fsp3) is 0. The maximum absolute atomic E-state index is 10.8. The average Bonchev–Trinajstić information content (AvgIpc) is 2.40. The molecular weight excluding hydrogens is 348 g/mol. The van der Waals surface area contributed by atoms with Gasteiger partial charge >= 0.3 is 5.69 Å². The molecule has 9 nitrogen and oxygen atoms in total. The Labute approximate surface area is 125 Å². The minimum Gasteiger partial charge on any atom is -0.438 e. The quantitative estimate of drug-likeness (QED) is 0.658. The van der Waals surface area contributed by atoms with E-state index in [9.17, 15) is 20.2 Å². The highest BCUT2D eigenvalue weighted by Crippen LogP contribution is 2.36. The lowest BCUT2D eigenvalue weighted by Gasteiger charge is -2.07. The minimum absolute atomic E-state index is 0.0145. The van der Waals surface area contributed by atoms with E-state index in [0.717, 1.165) is 6.07 Å². The molecule has 0 saturated heterocycles. The second-order valence-electron chi connectivity index (χ2n) is 3.76. The molecule has 21 heavy (non-hydrogen) atoms. The van der Waals surface area contributed by atoms with Gasteiger partial charge in [0, 0.05) is 18.2 Å². The predicted molar refractivity (Wildman–Crippen MR) is 76.2 cm³/mol. The topological polar surface area (TPSA) is 134 Å². The molecule has 0 fully saturated rings. The van der Waals surface area contributed by atoms with Gasteiger partial charge < -0.3 is 10.5 Å². The number of anilines is 1. The number of nitro benzene ring substituents is 1. The highest BCUT2D eigenvalue weighted by atomic mass is 79.9. The van der Waals surface area contributed by atoms with E-state index in [2.05, 4.69) is 20.9 Å². The van der Waals surface area contributed by atoms with Crippen molar-refractivity contribution in [2.75, 3.05) is 5.73 Å². The molecule has 1 aromatic carbocycles. The van der Waals surface area contributed by atoms with Crippen molar-refractivity contribution in [3.8, 4) is 11.6 Å². The van der Waals surface area contributed by atoms with E-state index in [1.54, 1.807) is 0 Å². The van der Waals surface area contributed by atoms with Crippen molar-refractivity contribution < 1.29 is 14.6 Å². The number of nitrogen functional groups attached to an aromatic ring is 1. The van der Waals surface area contributed by atoms with Crippen molar-refractivity contribution in [2.45, 2.75) is 0 Å². The maximum Gasteiger partial charge on any atom is 0.311 e. The van der Waals surface area contributed by atoms with E-state index in [1.807, 2.05) is 0 Å². The van der Waals surface area contributed by atoms with Gasteiger partial charge in [-0.1, -0.05) is 6.07 Å². The molecule has 0 aliphatic rings. The molecule has 0 spiro atoms. The summed E-state index contributed by atoms with van der Waals surface area (Å²) >= 11 is 3.06. The predicted octanol–water partition coefficient (Wildman–Crippen LogP) is 3.04. The normalized spacial score (nSPS) is 10.1. The Balaban J connectivity index is 2.35. The third-order valence-electron chi connectivity index (χ3n) is 2.43. The first-order chi connectivity index (χ1) is 9.90. The van der Waals surface area contributed by atoms with E-state index >= 15 is 0 Å². The summed E-state index contributed by atoms with van der Waals surface area (Å²) in [6.45, 7) is 0. The van der Waals surface area contributed by atoms with Gasteiger partial charge in [0.25, 0.3) is 5.69 Å². The molecule has 0 aliphatic heterocycles. The van der Waals surface area contributed by atoms with E-state index in [-0.39, 0.29) is 33.3 Å². The Morgan fingerprint density at radius 3 is 2.33 bits per heavy atom. The second-order valence-corrected chi connectivity index (χ2v) is 4.55. The Bertz CT molecular complexity index is 737. The molecule has 0 aliphatic carbocycles. The Hall–Kier alpha value is -2.75. The van der Waals surface area contributed by atoms with Crippen LogP contribution in [0.25, 0.3) is 0 Å². The van der Waals surface area contributed by atoms with E-state index < -0.39 is 9.85 Å². The third-order valence-corrected chi connectivity index (χ3v) is 3.22. The number of rotatable bonds is 4. The van der Waals surface area contributed by atoms with E-state index in [4.69, 9.17) is 10.5 Å². The number of hydrogen-bond acceptors (Lipinski definition) is 7. The van der Waals surface area contributed by atoms with Crippen LogP contribution in [-0.4, -0.2) is 14.8 Å². The standard InChI is InChI=1S/C11H7BrN4O5/c12-10-6(15(17)18)2-1-3-8(10)21-9-5-4-7(16(19)20)11(13)14-9/h1-5H,(H2,13,14). The van der Waals surface area contributed by atoms with Gasteiger partial charge in [0.05, 0.1) is 9.85 Å². The van der Waals surface area contributed by atoms with Gasteiger partial charge in [-0.25, -0.2) is 0 Å². The number of nitrogens with zero attached hydrogens (tertiary/aromatic N) is 3. The molecule has 0 radical (unpaired) electrons. The minimum atomic E-state index is -0.671. The van der Waals surface area contributed by atoms with Crippen LogP contribution in [-0.2, 0) is 0 Å². The van der Waals surface area contributed by atoms with Gasteiger partial charge in [-0.3, -0.25) is 20.2 Å². The Morgan fingerprint density at radius 1 is 1.10 bits per heavy atom. The fourth-order valence-electron chi connectivity index (χ4n) is 1.49. The summed E-state index contributed by atoms with van der Waals surface area (Å²) in [5.41, 5.74) is 4.91. The van der Waals surface area contributed by atoms with Gasteiger partial charge in [-0.15, -0.1) is 0 Å². The molecule has 0 bridgehead atoms. The lowest BCUT2D eigenvalue weighted by atomic mass is 10.3. The number of halogens is 1. The zero-order valence-electron chi connectivity index (χ0n) is 10.2. The first kappa shape index (κ1) is 14.7. The summed E-state index contributed by atoms with van der Waals surface area (Å²) in [7, 11) is 0. The number of nitro groups is 2. The lowest BCUT2D eigenvalue weighted by molar-refractivity contribution is -0.385. The summed E-state index contributed by atoms with van der Waals surface area (Å²) in [6.07, 6.45) is 0. The number of benzene rings is 1. The SMILES string of the molecule is Nc1nc(Oc2cccc([N+](=O)[O-])c2Br)ccc1[N+](=O)[O-]. The fourth-order valence-corrected chi connectivity index (χ4v) is 1.98. The molecule has 1 aromatic heterocycles. The largest absolute Gasteiger partial charge is 0.438 e. The second kappa shape index (κ2) is 5.71. The smallest absolute Gasteiger partial charge is 0.311 e. The maximum atomic E-state index is 10.8. The average molecular weight is 355 g/mol. The highest BCUT2D eigenvalue weighted by molar-refractivity contribution is 9.10. The van der Waals surface area contributed by atoms with Crippen LogP contribution in [0.5, 0.6) is 11.6 Å². The summed E-state index contributed by atoms with van der Waals surface area (Å²) in [4.78, 5) is 23.9. The van der Waals surface area contributed by atoms with Crippen molar-refractivity contribution in [3.05, 3.63) is 55.0 Å². The van der Waals surface area contributed by atoms with Crippen molar-refractivity contribution in [1.29, 1.82) is 0 Å².